The van der Waals surface area contributed by atoms with Crippen LogP contribution in [0.3, 0.4) is 0 Å². The van der Waals surface area contributed by atoms with Crippen LogP contribution in [0.15, 0.2) is 0 Å². The van der Waals surface area contributed by atoms with Gasteiger partial charge in [-0.1, -0.05) is 0 Å². The van der Waals surface area contributed by atoms with Crippen molar-refractivity contribution in [3.05, 3.63) is 0 Å². The van der Waals surface area contributed by atoms with E-state index in [-0.39, 0.29) is 11.8 Å². The zero-order chi connectivity index (χ0) is 8.97. The first-order valence-corrected chi connectivity index (χ1v) is 4.52. The molecule has 0 spiro atoms. The van der Waals surface area contributed by atoms with E-state index in [2.05, 4.69) is 0 Å². The number of nitrogens with zero attached hydrogens (tertiary/aromatic N) is 2. The predicted octanol–water partition coefficient (Wildman–Crippen LogP) is 0.987. The molecule has 0 saturated carbocycles. The minimum Gasteiger partial charge on any atom is -0.341 e. The monoisotopic (exact) mass is 186 g/mol. The number of carbonyl (C=O) groups excluding carboxylic acids is 1. The van der Waals surface area contributed by atoms with Gasteiger partial charge in [-0.15, -0.1) is 11.6 Å². The predicted molar refractivity (Wildman–Crippen MR) is 45.6 cm³/mol. The Balaban J connectivity index is 2.37. The summed E-state index contributed by atoms with van der Waals surface area (Å²) in [5.41, 5.74) is 0. The Kier molecular flexibility index (Phi) is 3.36. The lowest BCUT2D eigenvalue weighted by molar-refractivity contribution is -0.127. The molecule has 12 heavy (non-hydrogen) atoms. The van der Waals surface area contributed by atoms with E-state index < -0.39 is 0 Å². The minimum atomic E-state index is 0.135. The Morgan fingerprint density at radius 1 is 1.75 bits per heavy atom. The molecule has 1 aliphatic rings. The van der Waals surface area contributed by atoms with Crippen molar-refractivity contribution < 1.29 is 4.79 Å². The summed E-state index contributed by atoms with van der Waals surface area (Å²) < 4.78 is 0. The van der Waals surface area contributed by atoms with Gasteiger partial charge in [0, 0.05) is 25.4 Å². The Hall–Kier alpha value is -0.750. The number of carbonyl (C=O) groups is 1. The molecular weight excluding hydrogens is 176 g/mol. The van der Waals surface area contributed by atoms with Gasteiger partial charge in [-0.05, 0) is 5.92 Å². The van der Waals surface area contributed by atoms with Crippen LogP contribution < -0.4 is 0 Å². The number of amides is 1. The van der Waals surface area contributed by atoms with E-state index in [9.17, 15) is 4.79 Å². The van der Waals surface area contributed by atoms with E-state index in [1.54, 1.807) is 4.90 Å². The topological polar surface area (TPSA) is 44.1 Å². The highest BCUT2D eigenvalue weighted by Crippen LogP contribution is 2.18. The minimum absolute atomic E-state index is 0.135. The molecule has 0 aromatic rings. The van der Waals surface area contributed by atoms with E-state index >= 15 is 0 Å². The van der Waals surface area contributed by atoms with Gasteiger partial charge in [0.15, 0.2) is 0 Å². The molecule has 1 heterocycles. The summed E-state index contributed by atoms with van der Waals surface area (Å²) in [6, 6.07) is 2.02. The molecule has 1 amide bonds. The van der Waals surface area contributed by atoms with Crippen LogP contribution in [0.5, 0.6) is 0 Å². The molecule has 0 N–H and O–H groups in total. The molecule has 1 saturated heterocycles. The van der Waals surface area contributed by atoms with Gasteiger partial charge in [0.25, 0.3) is 0 Å². The van der Waals surface area contributed by atoms with Crippen LogP contribution in [0, 0.1) is 17.2 Å². The third kappa shape index (κ3) is 2.12. The third-order valence-corrected chi connectivity index (χ3v) is 2.44. The van der Waals surface area contributed by atoms with Crippen molar-refractivity contribution in [2.75, 3.05) is 19.0 Å². The molecule has 0 aromatic carbocycles. The highest BCUT2D eigenvalue weighted by atomic mass is 35.5. The van der Waals surface area contributed by atoms with Crippen LogP contribution in [-0.4, -0.2) is 29.8 Å². The van der Waals surface area contributed by atoms with Crippen molar-refractivity contribution >= 4 is 17.5 Å². The van der Waals surface area contributed by atoms with Crippen molar-refractivity contribution in [1.82, 2.24) is 4.90 Å². The first-order chi connectivity index (χ1) is 5.77. The average Bonchev–Trinajstić information content (AvgIpc) is 2.43. The van der Waals surface area contributed by atoms with Crippen LogP contribution in [0.1, 0.15) is 12.8 Å². The van der Waals surface area contributed by atoms with Crippen LogP contribution in [0.4, 0.5) is 0 Å². The molecule has 1 rings (SSSR count). The van der Waals surface area contributed by atoms with E-state index in [0.29, 0.717) is 25.3 Å². The highest BCUT2D eigenvalue weighted by molar-refractivity contribution is 6.18. The fraction of sp³-hybridized carbons (Fsp3) is 0.750. The second-order valence-corrected chi connectivity index (χ2v) is 3.28. The lowest BCUT2D eigenvalue weighted by Gasteiger charge is -2.13. The normalized spacial score (nSPS) is 22.8. The summed E-state index contributed by atoms with van der Waals surface area (Å²) in [5, 5.41) is 8.32. The maximum atomic E-state index is 11.2. The summed E-state index contributed by atoms with van der Waals surface area (Å²) in [5.74, 6) is 0.961. The lowest BCUT2D eigenvalue weighted by atomic mass is 10.1. The number of hydrogen-bond acceptors (Lipinski definition) is 2. The summed E-state index contributed by atoms with van der Waals surface area (Å²) in [4.78, 5) is 12.9. The standard InChI is InChI=1S/C8H11ClN2O/c9-5-7-4-8(12)11(6-7)3-1-2-10/h7H,1,3-6H2. The average molecular weight is 187 g/mol. The third-order valence-electron chi connectivity index (χ3n) is 2.01. The maximum absolute atomic E-state index is 11.2. The van der Waals surface area contributed by atoms with Crippen molar-refractivity contribution in [2.24, 2.45) is 5.92 Å². The molecule has 3 nitrogen and oxygen atoms in total. The zero-order valence-corrected chi connectivity index (χ0v) is 7.55. The lowest BCUT2D eigenvalue weighted by Crippen LogP contribution is -2.26. The summed E-state index contributed by atoms with van der Waals surface area (Å²) in [7, 11) is 0. The molecular formula is C8H11ClN2O. The molecule has 0 bridgehead atoms. The fourth-order valence-corrected chi connectivity index (χ4v) is 1.57. The van der Waals surface area contributed by atoms with E-state index in [1.165, 1.54) is 0 Å². The largest absolute Gasteiger partial charge is 0.341 e. The summed E-state index contributed by atoms with van der Waals surface area (Å²) in [6.45, 7) is 1.28. The first kappa shape index (κ1) is 9.34. The molecule has 1 fully saturated rings. The number of hydrogen-bond donors (Lipinski definition) is 0. The van der Waals surface area contributed by atoms with Gasteiger partial charge in [-0.2, -0.15) is 5.26 Å². The van der Waals surface area contributed by atoms with Crippen LogP contribution in [0.2, 0.25) is 0 Å². The summed E-state index contributed by atoms with van der Waals surface area (Å²) >= 11 is 5.63. The van der Waals surface area contributed by atoms with E-state index in [0.717, 1.165) is 6.54 Å². The molecule has 0 aromatic heterocycles. The van der Waals surface area contributed by atoms with Crippen LogP contribution >= 0.6 is 11.6 Å². The Bertz CT molecular complexity index is 212. The second kappa shape index (κ2) is 4.32. The summed E-state index contributed by atoms with van der Waals surface area (Å²) in [6.07, 6.45) is 0.968. The first-order valence-electron chi connectivity index (χ1n) is 3.98. The maximum Gasteiger partial charge on any atom is 0.222 e. The van der Waals surface area contributed by atoms with E-state index in [4.69, 9.17) is 16.9 Å². The number of nitriles is 1. The number of halogens is 1. The molecule has 1 aliphatic heterocycles. The van der Waals surface area contributed by atoms with Crippen molar-refractivity contribution in [3.63, 3.8) is 0 Å². The van der Waals surface area contributed by atoms with Gasteiger partial charge >= 0.3 is 0 Å². The Morgan fingerprint density at radius 2 is 2.50 bits per heavy atom. The molecule has 0 radical (unpaired) electrons. The highest BCUT2D eigenvalue weighted by Gasteiger charge is 2.27. The number of rotatable bonds is 3. The van der Waals surface area contributed by atoms with Crippen molar-refractivity contribution in [1.29, 1.82) is 5.26 Å². The second-order valence-electron chi connectivity index (χ2n) is 2.97. The van der Waals surface area contributed by atoms with Gasteiger partial charge < -0.3 is 4.90 Å². The quantitative estimate of drug-likeness (QED) is 0.617. The van der Waals surface area contributed by atoms with Crippen molar-refractivity contribution in [2.45, 2.75) is 12.8 Å². The van der Waals surface area contributed by atoms with Crippen LogP contribution in [-0.2, 0) is 4.79 Å². The Morgan fingerprint density at radius 3 is 3.00 bits per heavy atom. The number of alkyl halides is 1. The molecule has 0 aliphatic carbocycles. The van der Waals surface area contributed by atoms with Gasteiger partial charge in [0.2, 0.25) is 5.91 Å². The van der Waals surface area contributed by atoms with Gasteiger partial charge in [-0.3, -0.25) is 4.79 Å². The zero-order valence-electron chi connectivity index (χ0n) is 6.79. The van der Waals surface area contributed by atoms with E-state index in [1.807, 2.05) is 6.07 Å². The molecule has 1 unspecified atom stereocenters. The van der Waals surface area contributed by atoms with Gasteiger partial charge in [0.05, 0.1) is 12.5 Å². The van der Waals surface area contributed by atoms with Crippen molar-refractivity contribution in [3.8, 4) is 6.07 Å². The molecule has 1 atom stereocenters. The van der Waals surface area contributed by atoms with Crippen LogP contribution in [0.25, 0.3) is 0 Å². The Labute approximate surface area is 76.9 Å². The molecule has 4 heteroatoms. The number of likely N-dealkylation sites (tertiary alicyclic amines) is 1. The molecule has 66 valence electrons. The fourth-order valence-electron chi connectivity index (χ4n) is 1.36. The SMILES string of the molecule is N#CCCN1CC(CCl)CC1=O. The smallest absolute Gasteiger partial charge is 0.222 e. The van der Waals surface area contributed by atoms with Gasteiger partial charge in [0.1, 0.15) is 0 Å². The van der Waals surface area contributed by atoms with Gasteiger partial charge in [-0.25, -0.2) is 0 Å².